The summed E-state index contributed by atoms with van der Waals surface area (Å²) in [4.78, 5) is 17.5. The quantitative estimate of drug-likeness (QED) is 0.244. The van der Waals surface area contributed by atoms with Crippen LogP contribution >= 0.6 is 0 Å². The third-order valence-corrected chi connectivity index (χ3v) is 5.61. The number of aromatic amines is 1. The summed E-state index contributed by atoms with van der Waals surface area (Å²) in [6.07, 6.45) is -4.87. The van der Waals surface area contributed by atoms with Gasteiger partial charge in [-0.15, -0.1) is 13.2 Å². The van der Waals surface area contributed by atoms with Crippen molar-refractivity contribution < 1.29 is 37.3 Å². The number of hydrogen-bond acceptors (Lipinski definition) is 6. The number of amides is 1. The van der Waals surface area contributed by atoms with E-state index < -0.39 is 42.6 Å². The summed E-state index contributed by atoms with van der Waals surface area (Å²) in [6, 6.07) is 14.3. The summed E-state index contributed by atoms with van der Waals surface area (Å²) in [7, 11) is 0. The molecule has 4 N–H and O–H groups in total. The van der Waals surface area contributed by atoms with Gasteiger partial charge in [-0.25, -0.2) is 4.39 Å². The van der Waals surface area contributed by atoms with E-state index in [9.17, 15) is 32.6 Å². The molecule has 0 fully saturated rings. The molecule has 2 heterocycles. The van der Waals surface area contributed by atoms with Gasteiger partial charge in [-0.1, -0.05) is 12.1 Å². The highest BCUT2D eigenvalue weighted by molar-refractivity contribution is 6.02. The van der Waals surface area contributed by atoms with Crippen LogP contribution in [0, 0.1) is 5.82 Å². The largest absolute Gasteiger partial charge is 0.573 e. The Labute approximate surface area is 213 Å². The molecule has 4 rings (SSSR count). The van der Waals surface area contributed by atoms with Crippen molar-refractivity contribution in [3.63, 3.8) is 0 Å². The number of nitrogens with zero attached hydrogens (tertiary/aromatic N) is 2. The van der Waals surface area contributed by atoms with Crippen LogP contribution < -0.4 is 10.1 Å². The van der Waals surface area contributed by atoms with Gasteiger partial charge >= 0.3 is 6.36 Å². The first-order chi connectivity index (χ1) is 18.1. The molecule has 0 aliphatic carbocycles. The monoisotopic (exact) mass is 530 g/mol. The van der Waals surface area contributed by atoms with Gasteiger partial charge in [0.1, 0.15) is 11.6 Å². The molecule has 0 radical (unpaired) electrons. The number of aromatic nitrogens is 3. The van der Waals surface area contributed by atoms with E-state index in [4.69, 9.17) is 0 Å². The molecule has 2 aromatic heterocycles. The summed E-state index contributed by atoms with van der Waals surface area (Å²) in [5, 5.41) is 29.1. The topological polar surface area (TPSA) is 120 Å². The van der Waals surface area contributed by atoms with Gasteiger partial charge in [-0.05, 0) is 54.6 Å². The Bertz CT molecular complexity index is 1380. The molecule has 8 nitrogen and oxygen atoms in total. The van der Waals surface area contributed by atoms with Crippen molar-refractivity contribution in [1.29, 1.82) is 0 Å². The summed E-state index contributed by atoms with van der Waals surface area (Å²) in [5.74, 6) is -1.97. The summed E-state index contributed by atoms with van der Waals surface area (Å²) >= 11 is 0. The SMILES string of the molecule is O=C(N[C@@H](Cc1ccccn1)[C@H](O)CO)c1cccc(OC(F)(F)F)c1-c1cc(-c2ccc(F)cc2)n[nH]1. The smallest absolute Gasteiger partial charge is 0.405 e. The fourth-order valence-electron chi connectivity index (χ4n) is 3.83. The maximum Gasteiger partial charge on any atom is 0.573 e. The number of aliphatic hydroxyl groups excluding tert-OH is 2. The molecule has 198 valence electrons. The minimum atomic E-state index is -5.06. The average molecular weight is 530 g/mol. The van der Waals surface area contributed by atoms with Crippen molar-refractivity contribution in [1.82, 2.24) is 20.5 Å². The van der Waals surface area contributed by atoms with Gasteiger partial charge in [0, 0.05) is 23.9 Å². The minimum Gasteiger partial charge on any atom is -0.405 e. The Kier molecular flexibility index (Phi) is 8.03. The van der Waals surface area contributed by atoms with Crippen molar-refractivity contribution in [3.8, 4) is 28.3 Å². The molecule has 0 spiro atoms. The van der Waals surface area contributed by atoms with Crippen LogP contribution in [0.2, 0.25) is 0 Å². The highest BCUT2D eigenvalue weighted by Gasteiger charge is 2.34. The molecule has 0 saturated heterocycles. The van der Waals surface area contributed by atoms with Crippen LogP contribution in [0.15, 0.2) is 72.9 Å². The van der Waals surface area contributed by atoms with Crippen molar-refractivity contribution in [2.75, 3.05) is 6.61 Å². The minimum absolute atomic E-state index is 0.0262. The highest BCUT2D eigenvalue weighted by atomic mass is 19.4. The number of alkyl halides is 3. The third kappa shape index (κ3) is 6.52. The van der Waals surface area contributed by atoms with Crippen LogP contribution in [0.3, 0.4) is 0 Å². The molecule has 0 aliphatic heterocycles. The molecule has 2 atom stereocenters. The second-order valence-corrected chi connectivity index (χ2v) is 8.26. The number of benzene rings is 2. The van der Waals surface area contributed by atoms with Crippen molar-refractivity contribution >= 4 is 5.91 Å². The number of pyridine rings is 1. The predicted octanol–water partition coefficient (Wildman–Crippen LogP) is 3.87. The number of halogens is 4. The van der Waals surface area contributed by atoms with Gasteiger partial charge in [0.05, 0.1) is 41.3 Å². The fourth-order valence-corrected chi connectivity index (χ4v) is 3.83. The number of rotatable bonds is 9. The van der Waals surface area contributed by atoms with Gasteiger partial charge in [-0.3, -0.25) is 14.9 Å². The van der Waals surface area contributed by atoms with E-state index in [1.54, 1.807) is 18.2 Å². The second kappa shape index (κ2) is 11.4. The molecule has 0 unspecified atom stereocenters. The van der Waals surface area contributed by atoms with Crippen molar-refractivity contribution in [3.05, 3.63) is 90.0 Å². The van der Waals surface area contributed by atoms with Crippen LogP contribution in [0.1, 0.15) is 16.1 Å². The van der Waals surface area contributed by atoms with Crippen LogP contribution in [-0.2, 0) is 6.42 Å². The van der Waals surface area contributed by atoms with Crippen LogP contribution in [0.4, 0.5) is 17.6 Å². The average Bonchev–Trinajstić information content (AvgIpc) is 3.37. The van der Waals surface area contributed by atoms with Gasteiger partial charge in [0.2, 0.25) is 0 Å². The number of carbonyl (C=O) groups excluding carboxylic acids is 1. The molecule has 38 heavy (non-hydrogen) atoms. The first-order valence-corrected chi connectivity index (χ1v) is 11.3. The molecule has 0 saturated carbocycles. The lowest BCUT2D eigenvalue weighted by Gasteiger charge is -2.23. The zero-order valence-electron chi connectivity index (χ0n) is 19.6. The van der Waals surface area contributed by atoms with E-state index in [1.807, 2.05) is 0 Å². The molecule has 0 aliphatic rings. The molecular formula is C26H22F4N4O4. The van der Waals surface area contributed by atoms with Gasteiger partial charge < -0.3 is 20.3 Å². The normalized spacial score (nSPS) is 13.1. The maximum atomic E-state index is 13.4. The van der Waals surface area contributed by atoms with Gasteiger partial charge in [0.25, 0.3) is 5.91 Å². The maximum absolute atomic E-state index is 13.4. The lowest BCUT2D eigenvalue weighted by Crippen LogP contribution is -2.46. The highest BCUT2D eigenvalue weighted by Crippen LogP contribution is 2.37. The Morgan fingerprint density at radius 1 is 1.08 bits per heavy atom. The second-order valence-electron chi connectivity index (χ2n) is 8.26. The van der Waals surface area contributed by atoms with E-state index in [1.165, 1.54) is 48.7 Å². The number of H-pyrrole nitrogens is 1. The fraction of sp³-hybridized carbons (Fsp3) is 0.192. The molecular weight excluding hydrogens is 508 g/mol. The zero-order chi connectivity index (χ0) is 27.3. The predicted molar refractivity (Wildman–Crippen MR) is 128 cm³/mol. The molecule has 0 bridgehead atoms. The first kappa shape index (κ1) is 26.8. The summed E-state index contributed by atoms with van der Waals surface area (Å²) in [6.45, 7) is -0.677. The zero-order valence-corrected chi connectivity index (χ0v) is 19.6. The van der Waals surface area contributed by atoms with Crippen molar-refractivity contribution in [2.45, 2.75) is 24.9 Å². The molecule has 1 amide bonds. The van der Waals surface area contributed by atoms with Crippen LogP contribution in [0.5, 0.6) is 5.75 Å². The number of nitrogens with one attached hydrogen (secondary N) is 2. The third-order valence-electron chi connectivity index (χ3n) is 5.61. The molecule has 2 aromatic carbocycles. The standard InChI is InChI=1S/C26H22F4N4O4/c27-16-9-7-15(8-10-16)19-13-21(34-33-19)24-18(5-3-6-23(24)38-26(28,29)30)25(37)32-20(22(36)14-35)12-17-4-1-2-11-31-17/h1-11,13,20,22,35-36H,12,14H2,(H,32,37)(H,33,34)/t20-,22+/m0/s1. The number of carbonyl (C=O) groups is 1. The summed E-state index contributed by atoms with van der Waals surface area (Å²) < 4.78 is 57.2. The van der Waals surface area contributed by atoms with Gasteiger partial charge in [-0.2, -0.15) is 5.10 Å². The number of aliphatic hydroxyl groups is 2. The van der Waals surface area contributed by atoms with E-state index in [0.717, 1.165) is 6.07 Å². The Balaban J connectivity index is 1.72. The Hall–Kier alpha value is -4.29. The first-order valence-electron chi connectivity index (χ1n) is 11.3. The van der Waals surface area contributed by atoms with Crippen LogP contribution in [-0.4, -0.2) is 56.4 Å². The molecule has 12 heteroatoms. The Morgan fingerprint density at radius 3 is 2.50 bits per heavy atom. The van der Waals surface area contributed by atoms with E-state index in [-0.39, 0.29) is 28.9 Å². The van der Waals surface area contributed by atoms with E-state index in [2.05, 4.69) is 25.2 Å². The lowest BCUT2D eigenvalue weighted by atomic mass is 9.99. The number of hydrogen-bond donors (Lipinski definition) is 4. The number of ether oxygens (including phenoxy) is 1. The van der Waals surface area contributed by atoms with E-state index >= 15 is 0 Å². The lowest BCUT2D eigenvalue weighted by molar-refractivity contribution is -0.274. The summed E-state index contributed by atoms with van der Waals surface area (Å²) in [5.41, 5.74) is 0.860. The van der Waals surface area contributed by atoms with Crippen molar-refractivity contribution in [2.24, 2.45) is 0 Å². The van der Waals surface area contributed by atoms with E-state index in [0.29, 0.717) is 11.3 Å². The van der Waals surface area contributed by atoms with Gasteiger partial charge in [0.15, 0.2) is 0 Å². The Morgan fingerprint density at radius 2 is 1.84 bits per heavy atom. The van der Waals surface area contributed by atoms with Crippen LogP contribution in [0.25, 0.3) is 22.5 Å². The molecule has 4 aromatic rings.